The van der Waals surface area contributed by atoms with E-state index in [1.54, 1.807) is 12.1 Å². The van der Waals surface area contributed by atoms with Crippen LogP contribution in [0.2, 0.25) is 0 Å². The molecule has 4 unspecified atom stereocenters. The number of nitrogens with one attached hydrogen (secondary N) is 1. The maximum absolute atomic E-state index is 12.6. The number of fused-ring (bicyclic) bond motifs is 5. The summed E-state index contributed by atoms with van der Waals surface area (Å²) in [5, 5.41) is 2.80. The van der Waals surface area contributed by atoms with Crippen molar-refractivity contribution in [2.75, 3.05) is 18.5 Å². The van der Waals surface area contributed by atoms with Gasteiger partial charge >= 0.3 is 0 Å². The number of hydrogen-bond acceptors (Lipinski definition) is 4. The van der Waals surface area contributed by atoms with Crippen LogP contribution in [0.3, 0.4) is 0 Å². The van der Waals surface area contributed by atoms with Gasteiger partial charge in [-0.25, -0.2) is 0 Å². The highest BCUT2D eigenvalue weighted by Crippen LogP contribution is 2.52. The molecule has 3 aliphatic rings. The first-order valence-electron chi connectivity index (χ1n) is 9.15. The number of para-hydroxylation sites is 2. The summed E-state index contributed by atoms with van der Waals surface area (Å²) in [5.74, 6) is 0.110. The zero-order chi connectivity index (χ0) is 18.3. The summed E-state index contributed by atoms with van der Waals surface area (Å²) in [5.41, 5.74) is 0.595. The fourth-order valence-electron chi connectivity index (χ4n) is 4.46. The summed E-state index contributed by atoms with van der Waals surface area (Å²) >= 11 is 0. The van der Waals surface area contributed by atoms with Gasteiger partial charge in [-0.15, -0.1) is 0 Å². The summed E-state index contributed by atoms with van der Waals surface area (Å²) in [6, 6.07) is 7.21. The van der Waals surface area contributed by atoms with Gasteiger partial charge in [-0.1, -0.05) is 24.3 Å². The maximum atomic E-state index is 12.6. The number of carbonyl (C=O) groups excluding carboxylic acids is 3. The summed E-state index contributed by atoms with van der Waals surface area (Å²) in [4.78, 5) is 38.8. The minimum absolute atomic E-state index is 0.0835. The van der Waals surface area contributed by atoms with Gasteiger partial charge in [-0.3, -0.25) is 19.3 Å². The second kappa shape index (κ2) is 6.59. The van der Waals surface area contributed by atoms with Crippen molar-refractivity contribution in [1.29, 1.82) is 0 Å². The lowest BCUT2D eigenvalue weighted by molar-refractivity contribution is -0.140. The molecule has 1 aromatic carbocycles. The molecule has 1 saturated heterocycles. The van der Waals surface area contributed by atoms with Crippen molar-refractivity contribution in [2.45, 2.75) is 19.8 Å². The molecule has 3 amide bonds. The molecule has 0 spiro atoms. The summed E-state index contributed by atoms with van der Waals surface area (Å²) in [6.45, 7) is 2.51. The lowest BCUT2D eigenvalue weighted by Gasteiger charge is -2.17. The second-order valence-corrected chi connectivity index (χ2v) is 7.06. The van der Waals surface area contributed by atoms with Crippen LogP contribution in [-0.4, -0.2) is 35.8 Å². The Balaban J connectivity index is 1.37. The number of benzene rings is 1. The first-order chi connectivity index (χ1) is 12.6. The van der Waals surface area contributed by atoms with Crippen molar-refractivity contribution in [3.63, 3.8) is 0 Å². The monoisotopic (exact) mass is 354 g/mol. The van der Waals surface area contributed by atoms with Gasteiger partial charge in [-0.2, -0.15) is 0 Å². The van der Waals surface area contributed by atoms with Crippen LogP contribution in [0.1, 0.15) is 19.8 Å². The molecule has 1 aliphatic heterocycles. The Morgan fingerprint density at radius 1 is 1.15 bits per heavy atom. The third-order valence-electron chi connectivity index (χ3n) is 5.59. The highest BCUT2D eigenvalue weighted by atomic mass is 16.5. The number of imide groups is 1. The smallest absolute Gasteiger partial charge is 0.233 e. The van der Waals surface area contributed by atoms with Crippen molar-refractivity contribution < 1.29 is 19.1 Å². The van der Waals surface area contributed by atoms with E-state index in [-0.39, 0.29) is 54.4 Å². The van der Waals surface area contributed by atoms with Crippen LogP contribution in [-0.2, 0) is 14.4 Å². The molecule has 2 aliphatic carbocycles. The Labute approximate surface area is 152 Å². The zero-order valence-electron chi connectivity index (χ0n) is 14.7. The molecule has 1 aromatic rings. The largest absolute Gasteiger partial charge is 0.492 e. The van der Waals surface area contributed by atoms with Gasteiger partial charge in [0.15, 0.2) is 0 Å². The van der Waals surface area contributed by atoms with E-state index in [9.17, 15) is 14.4 Å². The lowest BCUT2D eigenvalue weighted by atomic mass is 9.85. The molecule has 2 fully saturated rings. The highest BCUT2D eigenvalue weighted by molar-refractivity contribution is 6.06. The van der Waals surface area contributed by atoms with Crippen LogP contribution in [0.15, 0.2) is 36.4 Å². The van der Waals surface area contributed by atoms with Crippen LogP contribution >= 0.6 is 0 Å². The Bertz CT molecular complexity index is 758. The molecular weight excluding hydrogens is 332 g/mol. The summed E-state index contributed by atoms with van der Waals surface area (Å²) in [6.07, 6.45) is 5.13. The molecule has 1 saturated carbocycles. The summed E-state index contributed by atoms with van der Waals surface area (Å²) < 4.78 is 5.49. The molecule has 1 N–H and O–H groups in total. The number of carbonyl (C=O) groups is 3. The number of hydrogen-bond donors (Lipinski definition) is 1. The van der Waals surface area contributed by atoms with Gasteiger partial charge in [-0.05, 0) is 37.3 Å². The van der Waals surface area contributed by atoms with Gasteiger partial charge in [0.05, 0.1) is 24.1 Å². The Morgan fingerprint density at radius 3 is 2.46 bits per heavy atom. The minimum atomic E-state index is -0.240. The first kappa shape index (κ1) is 16.8. The van der Waals surface area contributed by atoms with Gasteiger partial charge in [0.25, 0.3) is 0 Å². The van der Waals surface area contributed by atoms with E-state index >= 15 is 0 Å². The van der Waals surface area contributed by atoms with Crippen molar-refractivity contribution >= 4 is 23.4 Å². The topological polar surface area (TPSA) is 75.7 Å². The molecule has 4 atom stereocenters. The predicted molar refractivity (Wildman–Crippen MR) is 95.3 cm³/mol. The fraction of sp³-hybridized carbons (Fsp3) is 0.450. The lowest BCUT2D eigenvalue weighted by Crippen LogP contribution is -2.35. The van der Waals surface area contributed by atoms with Gasteiger partial charge in [0.1, 0.15) is 5.75 Å². The van der Waals surface area contributed by atoms with Crippen molar-refractivity contribution in [2.24, 2.45) is 23.7 Å². The Hall–Kier alpha value is -2.63. The molecule has 0 radical (unpaired) electrons. The quantitative estimate of drug-likeness (QED) is 0.628. The van der Waals surface area contributed by atoms with Gasteiger partial charge < -0.3 is 10.1 Å². The second-order valence-electron chi connectivity index (χ2n) is 7.06. The number of likely N-dealkylation sites (tertiary alicyclic amines) is 1. The molecule has 4 rings (SSSR count). The zero-order valence-corrected chi connectivity index (χ0v) is 14.7. The molecule has 6 heteroatoms. The number of rotatable bonds is 6. The van der Waals surface area contributed by atoms with E-state index in [0.717, 1.165) is 6.42 Å². The van der Waals surface area contributed by atoms with Gasteiger partial charge in [0, 0.05) is 13.0 Å². The number of ether oxygens (including phenoxy) is 1. The standard InChI is InChI=1S/C20H22N2O4/c1-2-26-15-6-4-3-5-14(15)21-16(23)9-10-22-19(24)17-12-7-8-13(11-12)18(17)20(22)25/h3-8,12-13,17-18H,2,9-11H2,1H3,(H,21,23). The Morgan fingerprint density at radius 2 is 1.81 bits per heavy atom. The highest BCUT2D eigenvalue weighted by Gasteiger charge is 2.58. The Kier molecular flexibility index (Phi) is 4.26. The van der Waals surface area contributed by atoms with Crippen LogP contribution in [0.25, 0.3) is 0 Å². The molecular formula is C20H22N2O4. The number of nitrogens with zero attached hydrogens (tertiary/aromatic N) is 1. The molecule has 1 heterocycles. The third kappa shape index (κ3) is 2.69. The number of anilines is 1. The fourth-order valence-corrected chi connectivity index (χ4v) is 4.46. The van der Waals surface area contributed by atoms with E-state index in [1.807, 2.05) is 19.1 Å². The molecule has 2 bridgehead atoms. The average molecular weight is 354 g/mol. The molecule has 6 nitrogen and oxygen atoms in total. The predicted octanol–water partition coefficient (Wildman–Crippen LogP) is 2.22. The van der Waals surface area contributed by atoms with E-state index < -0.39 is 0 Å². The number of allylic oxidation sites excluding steroid dienone is 2. The van der Waals surface area contributed by atoms with Crippen LogP contribution < -0.4 is 10.1 Å². The SMILES string of the molecule is CCOc1ccccc1NC(=O)CCN1C(=O)C2C3C=CC(C3)C2C1=O. The normalized spacial score (nSPS) is 28.6. The first-order valence-corrected chi connectivity index (χ1v) is 9.15. The van der Waals surface area contributed by atoms with Gasteiger partial charge in [0.2, 0.25) is 17.7 Å². The van der Waals surface area contributed by atoms with Crippen LogP contribution in [0, 0.1) is 23.7 Å². The van der Waals surface area contributed by atoms with E-state index in [1.165, 1.54) is 4.90 Å². The molecule has 0 aromatic heterocycles. The third-order valence-corrected chi connectivity index (χ3v) is 5.59. The van der Waals surface area contributed by atoms with E-state index in [2.05, 4.69) is 17.5 Å². The van der Waals surface area contributed by atoms with Crippen LogP contribution in [0.5, 0.6) is 5.75 Å². The van der Waals surface area contributed by atoms with Crippen molar-refractivity contribution in [1.82, 2.24) is 4.90 Å². The minimum Gasteiger partial charge on any atom is -0.492 e. The average Bonchev–Trinajstić information content (AvgIpc) is 3.30. The molecule has 26 heavy (non-hydrogen) atoms. The van der Waals surface area contributed by atoms with Crippen molar-refractivity contribution in [3.8, 4) is 5.75 Å². The van der Waals surface area contributed by atoms with Crippen LogP contribution in [0.4, 0.5) is 5.69 Å². The molecule has 136 valence electrons. The summed E-state index contributed by atoms with van der Waals surface area (Å²) in [7, 11) is 0. The number of amides is 3. The van der Waals surface area contributed by atoms with Crippen molar-refractivity contribution in [3.05, 3.63) is 36.4 Å². The maximum Gasteiger partial charge on any atom is 0.233 e. The van der Waals surface area contributed by atoms with E-state index in [0.29, 0.717) is 18.0 Å². The van der Waals surface area contributed by atoms with E-state index in [4.69, 9.17) is 4.74 Å².